The van der Waals surface area contributed by atoms with Crippen molar-refractivity contribution in [3.8, 4) is 0 Å². The lowest BCUT2D eigenvalue weighted by Gasteiger charge is -2.27. The van der Waals surface area contributed by atoms with E-state index in [9.17, 15) is 9.50 Å². The first-order chi connectivity index (χ1) is 7.33. The van der Waals surface area contributed by atoms with Crippen LogP contribution in [0.4, 0.5) is 10.1 Å². The van der Waals surface area contributed by atoms with Crippen molar-refractivity contribution in [1.29, 1.82) is 0 Å². The summed E-state index contributed by atoms with van der Waals surface area (Å²) < 4.78 is 12.8. The number of rotatable bonds is 4. The number of halogens is 1. The van der Waals surface area contributed by atoms with Gasteiger partial charge in [0.25, 0.3) is 0 Å². The first-order valence-corrected chi connectivity index (χ1v) is 6.21. The van der Waals surface area contributed by atoms with Crippen molar-refractivity contribution >= 4 is 17.4 Å². The Morgan fingerprint density at radius 3 is 2.62 bits per heavy atom. The minimum atomic E-state index is -0.745. The van der Waals surface area contributed by atoms with Gasteiger partial charge in [0.05, 0.1) is 5.60 Å². The highest BCUT2D eigenvalue weighted by Gasteiger charge is 2.25. The summed E-state index contributed by atoms with van der Waals surface area (Å²) in [5.74, 6) is 0.375. The van der Waals surface area contributed by atoms with Crippen molar-refractivity contribution in [2.24, 2.45) is 5.92 Å². The molecule has 16 heavy (non-hydrogen) atoms. The van der Waals surface area contributed by atoms with Gasteiger partial charge in [-0.1, -0.05) is 13.8 Å². The topological polar surface area (TPSA) is 46.2 Å². The van der Waals surface area contributed by atoms with E-state index in [2.05, 4.69) is 0 Å². The van der Waals surface area contributed by atoms with Gasteiger partial charge in [0.2, 0.25) is 0 Å². The third-order valence-corrected chi connectivity index (χ3v) is 4.15. The van der Waals surface area contributed by atoms with Crippen LogP contribution in [-0.4, -0.2) is 16.5 Å². The lowest BCUT2D eigenvalue weighted by Crippen LogP contribution is -2.33. The van der Waals surface area contributed by atoms with E-state index in [-0.39, 0.29) is 11.7 Å². The predicted molar refractivity (Wildman–Crippen MR) is 67.0 cm³/mol. The summed E-state index contributed by atoms with van der Waals surface area (Å²) in [5, 5.41) is 10.1. The van der Waals surface area contributed by atoms with Crippen LogP contribution in [0.25, 0.3) is 0 Å². The van der Waals surface area contributed by atoms with Crippen molar-refractivity contribution in [3.63, 3.8) is 0 Å². The lowest BCUT2D eigenvalue weighted by atomic mass is 9.95. The molecule has 0 bridgehead atoms. The van der Waals surface area contributed by atoms with Crippen molar-refractivity contribution in [2.75, 3.05) is 11.5 Å². The van der Waals surface area contributed by atoms with Gasteiger partial charge in [0, 0.05) is 16.3 Å². The Hall–Kier alpha value is -0.740. The molecule has 0 heterocycles. The fraction of sp³-hybridized carbons (Fsp3) is 0.500. The summed E-state index contributed by atoms with van der Waals surface area (Å²) in [7, 11) is 0. The lowest BCUT2D eigenvalue weighted by molar-refractivity contribution is 0.0376. The predicted octanol–water partition coefficient (Wildman–Crippen LogP) is 2.91. The first kappa shape index (κ1) is 13.3. The SMILES string of the molecule is CC(C)C(C)(O)CSc1ccc(F)cc1N. The van der Waals surface area contributed by atoms with Gasteiger partial charge in [-0.2, -0.15) is 0 Å². The second-order valence-corrected chi connectivity index (χ2v) is 5.50. The summed E-state index contributed by atoms with van der Waals surface area (Å²) in [5.41, 5.74) is 5.36. The van der Waals surface area contributed by atoms with Crippen LogP contribution in [0.1, 0.15) is 20.8 Å². The minimum Gasteiger partial charge on any atom is -0.398 e. The molecule has 1 rings (SSSR count). The number of hydrogen-bond donors (Lipinski definition) is 2. The van der Waals surface area contributed by atoms with E-state index in [1.54, 1.807) is 13.0 Å². The van der Waals surface area contributed by atoms with Gasteiger partial charge in [-0.05, 0) is 31.0 Å². The molecule has 0 radical (unpaired) electrons. The number of nitrogen functional groups attached to an aromatic ring is 1. The maximum atomic E-state index is 12.8. The molecule has 0 fully saturated rings. The fourth-order valence-corrected chi connectivity index (χ4v) is 2.21. The second kappa shape index (κ2) is 5.06. The fourth-order valence-electron chi connectivity index (χ4n) is 1.04. The van der Waals surface area contributed by atoms with Crippen molar-refractivity contribution < 1.29 is 9.50 Å². The quantitative estimate of drug-likeness (QED) is 0.631. The molecular formula is C12H18FNOS. The van der Waals surface area contributed by atoms with E-state index in [1.807, 2.05) is 13.8 Å². The average molecular weight is 243 g/mol. The Labute approximate surface area is 100 Å². The van der Waals surface area contributed by atoms with E-state index >= 15 is 0 Å². The molecule has 1 atom stereocenters. The third kappa shape index (κ3) is 3.39. The Kier molecular flexibility index (Phi) is 4.21. The van der Waals surface area contributed by atoms with Gasteiger partial charge in [-0.25, -0.2) is 4.39 Å². The zero-order valence-electron chi connectivity index (χ0n) is 9.83. The monoisotopic (exact) mass is 243 g/mol. The molecule has 0 aliphatic rings. The number of nitrogens with two attached hydrogens (primary N) is 1. The summed E-state index contributed by atoms with van der Waals surface area (Å²) in [4.78, 5) is 0.808. The normalized spacial score (nSPS) is 15.1. The highest BCUT2D eigenvalue weighted by molar-refractivity contribution is 7.99. The van der Waals surface area contributed by atoms with Crippen LogP contribution in [0, 0.1) is 11.7 Å². The summed E-state index contributed by atoms with van der Waals surface area (Å²) in [6, 6.07) is 4.32. The number of benzene rings is 1. The molecule has 0 saturated heterocycles. The number of thioether (sulfide) groups is 1. The van der Waals surface area contributed by atoms with Crippen LogP contribution in [0.2, 0.25) is 0 Å². The molecule has 0 spiro atoms. The smallest absolute Gasteiger partial charge is 0.125 e. The Morgan fingerprint density at radius 1 is 1.50 bits per heavy atom. The number of anilines is 1. The van der Waals surface area contributed by atoms with Crippen LogP contribution in [0.5, 0.6) is 0 Å². The Balaban J connectivity index is 2.68. The molecule has 0 aromatic heterocycles. The van der Waals surface area contributed by atoms with Gasteiger partial charge in [-0.15, -0.1) is 11.8 Å². The van der Waals surface area contributed by atoms with Gasteiger partial charge in [0.15, 0.2) is 0 Å². The maximum Gasteiger partial charge on any atom is 0.125 e. The van der Waals surface area contributed by atoms with E-state index in [0.29, 0.717) is 11.4 Å². The minimum absolute atomic E-state index is 0.168. The van der Waals surface area contributed by atoms with Crippen molar-refractivity contribution in [1.82, 2.24) is 0 Å². The average Bonchev–Trinajstić information content (AvgIpc) is 2.16. The molecule has 1 unspecified atom stereocenters. The number of hydrogen-bond acceptors (Lipinski definition) is 3. The van der Waals surface area contributed by atoms with E-state index in [1.165, 1.54) is 23.9 Å². The van der Waals surface area contributed by atoms with Crippen LogP contribution in [-0.2, 0) is 0 Å². The Bertz CT molecular complexity index is 366. The van der Waals surface area contributed by atoms with Gasteiger partial charge in [-0.3, -0.25) is 0 Å². The first-order valence-electron chi connectivity index (χ1n) is 5.23. The van der Waals surface area contributed by atoms with Gasteiger partial charge < -0.3 is 10.8 Å². The zero-order valence-corrected chi connectivity index (χ0v) is 10.6. The molecule has 1 aromatic rings. The van der Waals surface area contributed by atoms with E-state index in [0.717, 1.165) is 4.90 Å². The van der Waals surface area contributed by atoms with Crippen LogP contribution in [0.15, 0.2) is 23.1 Å². The molecule has 2 nitrogen and oxygen atoms in total. The van der Waals surface area contributed by atoms with Crippen LogP contribution in [0.3, 0.4) is 0 Å². The molecule has 0 saturated carbocycles. The van der Waals surface area contributed by atoms with Crippen molar-refractivity contribution in [3.05, 3.63) is 24.0 Å². The highest BCUT2D eigenvalue weighted by atomic mass is 32.2. The largest absolute Gasteiger partial charge is 0.398 e. The highest BCUT2D eigenvalue weighted by Crippen LogP contribution is 2.30. The van der Waals surface area contributed by atoms with Gasteiger partial charge >= 0.3 is 0 Å². The van der Waals surface area contributed by atoms with Crippen LogP contribution >= 0.6 is 11.8 Å². The number of aliphatic hydroxyl groups is 1. The molecule has 0 aliphatic carbocycles. The van der Waals surface area contributed by atoms with Gasteiger partial charge in [0.1, 0.15) is 5.82 Å². The molecular weight excluding hydrogens is 225 g/mol. The third-order valence-electron chi connectivity index (χ3n) is 2.74. The molecule has 3 N–H and O–H groups in total. The molecule has 0 amide bonds. The summed E-state index contributed by atoms with van der Waals surface area (Å²) >= 11 is 1.45. The Morgan fingerprint density at radius 2 is 2.12 bits per heavy atom. The standard InChI is InChI=1S/C12H18FNOS/c1-8(2)12(3,15)7-16-11-5-4-9(13)6-10(11)14/h4-6,8,15H,7,14H2,1-3H3. The molecule has 4 heteroatoms. The maximum absolute atomic E-state index is 12.8. The van der Waals surface area contributed by atoms with E-state index < -0.39 is 5.60 Å². The molecule has 1 aromatic carbocycles. The van der Waals surface area contributed by atoms with Crippen molar-refractivity contribution in [2.45, 2.75) is 31.3 Å². The molecule has 90 valence electrons. The van der Waals surface area contributed by atoms with E-state index in [4.69, 9.17) is 5.73 Å². The summed E-state index contributed by atoms with van der Waals surface area (Å²) in [6.07, 6.45) is 0. The molecule has 0 aliphatic heterocycles. The summed E-state index contributed by atoms with van der Waals surface area (Å²) in [6.45, 7) is 5.73. The second-order valence-electron chi connectivity index (χ2n) is 4.48. The van der Waals surface area contributed by atoms with Crippen LogP contribution < -0.4 is 5.73 Å². The zero-order chi connectivity index (χ0) is 12.3.